The molecule has 2 rings (SSSR count). The monoisotopic (exact) mass is 380 g/mol. The molecule has 0 heterocycles. The van der Waals surface area contributed by atoms with Gasteiger partial charge in [0.1, 0.15) is 11.1 Å². The van der Waals surface area contributed by atoms with Crippen molar-refractivity contribution in [2.24, 2.45) is 0 Å². The number of non-ortho nitro benzene ring substituents is 2. The molecule has 142 valence electrons. The van der Waals surface area contributed by atoms with Crippen molar-refractivity contribution >= 4 is 11.4 Å². The number of nitrogens with zero attached hydrogens (tertiary/aromatic N) is 4. The topological polar surface area (TPSA) is 158 Å². The van der Waals surface area contributed by atoms with E-state index in [4.69, 9.17) is 0 Å². The van der Waals surface area contributed by atoms with Gasteiger partial charge >= 0.3 is 0 Å². The van der Waals surface area contributed by atoms with Crippen LogP contribution in [0.3, 0.4) is 0 Å². The van der Waals surface area contributed by atoms with Crippen LogP contribution in [0.2, 0.25) is 0 Å². The zero-order valence-electron chi connectivity index (χ0n) is 15.0. The van der Waals surface area contributed by atoms with Crippen LogP contribution < -0.4 is 10.9 Å². The van der Waals surface area contributed by atoms with Gasteiger partial charge in [0, 0.05) is 24.3 Å². The van der Waals surface area contributed by atoms with E-state index >= 15 is 0 Å². The molecule has 0 fully saturated rings. The summed E-state index contributed by atoms with van der Waals surface area (Å²) in [6.45, 7) is 3.10. The summed E-state index contributed by atoms with van der Waals surface area (Å²) in [7, 11) is 0. The van der Waals surface area contributed by atoms with Gasteiger partial charge in [0.15, 0.2) is 0 Å². The Morgan fingerprint density at radius 2 is 1.04 bits per heavy atom. The highest BCUT2D eigenvalue weighted by Crippen LogP contribution is 2.25. The average molecular weight is 380 g/mol. The maximum Gasteiger partial charge on any atom is 0.269 e. The van der Waals surface area contributed by atoms with Crippen LogP contribution in [-0.2, 0) is 11.1 Å². The molecule has 0 aliphatic carbocycles. The lowest BCUT2D eigenvalue weighted by molar-refractivity contribution is -0.385. The molecule has 0 aromatic heterocycles. The molecule has 0 radical (unpaired) electrons. The Morgan fingerprint density at radius 1 is 0.750 bits per heavy atom. The Labute approximate surface area is 160 Å². The second kappa shape index (κ2) is 7.80. The number of hydrazine groups is 1. The van der Waals surface area contributed by atoms with Crippen molar-refractivity contribution in [2.75, 3.05) is 0 Å². The third kappa shape index (κ3) is 4.10. The van der Waals surface area contributed by atoms with E-state index in [2.05, 4.69) is 23.0 Å². The van der Waals surface area contributed by atoms with E-state index in [0.29, 0.717) is 11.1 Å². The van der Waals surface area contributed by atoms with Gasteiger partial charge in [0.05, 0.1) is 22.0 Å². The van der Waals surface area contributed by atoms with Crippen molar-refractivity contribution in [2.45, 2.75) is 24.9 Å². The van der Waals surface area contributed by atoms with Crippen molar-refractivity contribution < 1.29 is 9.85 Å². The van der Waals surface area contributed by atoms with Crippen molar-refractivity contribution in [1.82, 2.24) is 10.9 Å². The molecule has 0 unspecified atom stereocenters. The zero-order valence-corrected chi connectivity index (χ0v) is 15.0. The third-order valence-corrected chi connectivity index (χ3v) is 4.32. The quantitative estimate of drug-likeness (QED) is 0.548. The second-order valence-electron chi connectivity index (χ2n) is 6.33. The average Bonchev–Trinajstić information content (AvgIpc) is 2.71. The van der Waals surface area contributed by atoms with Gasteiger partial charge in [-0.2, -0.15) is 10.5 Å². The number of rotatable bonds is 7. The van der Waals surface area contributed by atoms with Gasteiger partial charge < -0.3 is 0 Å². The standard InChI is InChI=1S/C18H16N6O4/c1-17(11-19,13-3-7-15(8-4-13)23(25)26)21-22-18(2,12-20)14-5-9-16(10-6-14)24(27)28/h3-10,21-22H,1-2H3/t17-,18-/m0/s1. The minimum atomic E-state index is -1.30. The summed E-state index contributed by atoms with van der Waals surface area (Å²) in [4.78, 5) is 20.5. The molecular weight excluding hydrogens is 364 g/mol. The maximum atomic E-state index is 10.8. The number of hydrogen-bond acceptors (Lipinski definition) is 8. The van der Waals surface area contributed by atoms with Gasteiger partial charge in [-0.3, -0.25) is 20.2 Å². The molecule has 0 saturated heterocycles. The van der Waals surface area contributed by atoms with E-state index in [1.54, 1.807) is 13.8 Å². The first kappa shape index (κ1) is 20.5. The number of nitro benzene ring substituents is 2. The van der Waals surface area contributed by atoms with E-state index in [1.165, 1.54) is 48.5 Å². The number of nitriles is 2. The first-order chi connectivity index (χ1) is 13.1. The van der Waals surface area contributed by atoms with Gasteiger partial charge in [0.2, 0.25) is 0 Å². The molecule has 28 heavy (non-hydrogen) atoms. The van der Waals surface area contributed by atoms with Crippen LogP contribution in [0.4, 0.5) is 11.4 Å². The fraction of sp³-hybridized carbons (Fsp3) is 0.222. The molecule has 0 saturated carbocycles. The minimum Gasteiger partial charge on any atom is -0.258 e. The van der Waals surface area contributed by atoms with Gasteiger partial charge in [-0.05, 0) is 49.2 Å². The summed E-state index contributed by atoms with van der Waals surface area (Å²) >= 11 is 0. The molecule has 10 nitrogen and oxygen atoms in total. The van der Waals surface area contributed by atoms with Crippen LogP contribution in [0.1, 0.15) is 25.0 Å². The molecule has 2 atom stereocenters. The number of nitrogens with one attached hydrogen (secondary N) is 2. The lowest BCUT2D eigenvalue weighted by Crippen LogP contribution is -2.55. The first-order valence-electron chi connectivity index (χ1n) is 8.02. The lowest BCUT2D eigenvalue weighted by atomic mass is 9.92. The SMILES string of the molecule is C[C@@](C#N)(NN[C@@](C)(C#N)c1ccc([N+](=O)[O-])cc1)c1ccc([N+](=O)[O-])cc1. The normalized spacial score (nSPS) is 14.7. The Kier molecular flexibility index (Phi) is 5.70. The molecule has 2 aromatic carbocycles. The highest BCUT2D eigenvalue weighted by molar-refractivity contribution is 5.40. The van der Waals surface area contributed by atoms with E-state index < -0.39 is 20.9 Å². The summed E-state index contributed by atoms with van der Waals surface area (Å²) in [6, 6.07) is 15.1. The fourth-order valence-electron chi connectivity index (χ4n) is 2.41. The molecule has 2 aromatic rings. The van der Waals surface area contributed by atoms with Crippen LogP contribution in [0.25, 0.3) is 0 Å². The maximum absolute atomic E-state index is 10.8. The summed E-state index contributed by atoms with van der Waals surface area (Å²) in [5.74, 6) is 0. The fourth-order valence-corrected chi connectivity index (χ4v) is 2.41. The van der Waals surface area contributed by atoms with Gasteiger partial charge in [-0.1, -0.05) is 0 Å². The van der Waals surface area contributed by atoms with E-state index in [1.807, 2.05) is 0 Å². The van der Waals surface area contributed by atoms with Crippen molar-refractivity contribution in [1.29, 1.82) is 10.5 Å². The molecule has 0 aliphatic heterocycles. The molecule has 0 aliphatic rings. The third-order valence-electron chi connectivity index (χ3n) is 4.32. The predicted octanol–water partition coefficient (Wildman–Crippen LogP) is 2.77. The van der Waals surface area contributed by atoms with E-state index in [-0.39, 0.29) is 11.4 Å². The predicted molar refractivity (Wildman–Crippen MR) is 98.4 cm³/mol. The molecule has 0 spiro atoms. The molecule has 0 bridgehead atoms. The lowest BCUT2D eigenvalue weighted by Gasteiger charge is -2.31. The molecule has 10 heteroatoms. The minimum absolute atomic E-state index is 0.107. The first-order valence-corrected chi connectivity index (χ1v) is 8.02. The number of hydrogen-bond donors (Lipinski definition) is 2. The summed E-state index contributed by atoms with van der Waals surface area (Å²) in [6.07, 6.45) is 0. The Hall–Kier alpha value is -3.86. The van der Waals surface area contributed by atoms with Gasteiger partial charge in [-0.15, -0.1) is 0 Å². The largest absolute Gasteiger partial charge is 0.269 e. The summed E-state index contributed by atoms with van der Waals surface area (Å²) in [5.41, 5.74) is 3.70. The summed E-state index contributed by atoms with van der Waals surface area (Å²) in [5, 5.41) is 40.8. The van der Waals surface area contributed by atoms with Gasteiger partial charge in [0.25, 0.3) is 11.4 Å². The Bertz CT molecular complexity index is 896. The second-order valence-corrected chi connectivity index (χ2v) is 6.33. The smallest absolute Gasteiger partial charge is 0.258 e. The highest BCUT2D eigenvalue weighted by atomic mass is 16.6. The Balaban J connectivity index is 2.26. The van der Waals surface area contributed by atoms with Crippen LogP contribution in [-0.4, -0.2) is 9.85 Å². The van der Waals surface area contributed by atoms with Crippen molar-refractivity contribution in [3.63, 3.8) is 0 Å². The van der Waals surface area contributed by atoms with Crippen LogP contribution in [0.5, 0.6) is 0 Å². The van der Waals surface area contributed by atoms with Crippen molar-refractivity contribution in [3.05, 3.63) is 79.9 Å². The molecule has 2 N–H and O–H groups in total. The van der Waals surface area contributed by atoms with E-state index in [0.717, 1.165) is 0 Å². The van der Waals surface area contributed by atoms with Crippen LogP contribution >= 0.6 is 0 Å². The molecule has 0 amide bonds. The van der Waals surface area contributed by atoms with Crippen LogP contribution in [0.15, 0.2) is 48.5 Å². The molecular formula is C18H16N6O4. The highest BCUT2D eigenvalue weighted by Gasteiger charge is 2.33. The zero-order chi connectivity index (χ0) is 20.9. The number of benzene rings is 2. The van der Waals surface area contributed by atoms with Gasteiger partial charge in [-0.25, -0.2) is 10.9 Å². The van der Waals surface area contributed by atoms with Crippen LogP contribution in [0, 0.1) is 42.9 Å². The summed E-state index contributed by atoms with van der Waals surface area (Å²) < 4.78 is 0. The van der Waals surface area contributed by atoms with Crippen molar-refractivity contribution in [3.8, 4) is 12.1 Å². The number of nitro groups is 2. The Morgan fingerprint density at radius 3 is 1.25 bits per heavy atom. The van der Waals surface area contributed by atoms with E-state index in [9.17, 15) is 30.8 Å².